The van der Waals surface area contributed by atoms with Gasteiger partial charge in [0, 0.05) is 68.5 Å². The topological polar surface area (TPSA) is 327 Å². The Kier molecular flexibility index (Phi) is 38.0. The fourth-order valence-electron chi connectivity index (χ4n) is 13.0. The summed E-state index contributed by atoms with van der Waals surface area (Å²) in [5, 5.41) is 23.6. The van der Waals surface area contributed by atoms with Crippen molar-refractivity contribution in [3.05, 3.63) is 0 Å². The van der Waals surface area contributed by atoms with Crippen molar-refractivity contribution in [3.8, 4) is 0 Å². The molecule has 2 fully saturated rings. The van der Waals surface area contributed by atoms with E-state index in [1.807, 2.05) is 41.5 Å². The standard InChI is InChI=1S/C71H131N13O14/c1-24-52-67(92)77(18)50(16)66(91)81(22)58(51(17)98-36-30-29-33-83-34-37-97-38-35-83)63(88)76-56(45(9)10)70(95)78(19)53(39-42(3)4)62(87)73-48(14)61(86)74-49(15)65(90)79(20)54(40-43(5)6)69(94)84(25-2)55(41-44(7)8)68(93)80(21)57(46(11)12)71(96)82(23)59(64(89)75-52)60(85)47(13)31-27-26-28-32-72/h42-60,85H,24-41,72H2,1-23H3,(H,73,87)(H,74,86)(H,75,89)(H,76,88)/t47-,48+,49-,50-,51-,52+,53+,54+,55+,56+,57+,58+,59+,60-/m1/s1. The van der Waals surface area contributed by atoms with Crippen LogP contribution in [0, 0.1) is 35.5 Å². The third-order valence-electron chi connectivity index (χ3n) is 19.4. The van der Waals surface area contributed by atoms with Gasteiger partial charge in [-0.1, -0.05) is 95.9 Å². The van der Waals surface area contributed by atoms with Gasteiger partial charge in [-0.25, -0.2) is 0 Å². The Morgan fingerprint density at radius 3 is 1.55 bits per heavy atom. The van der Waals surface area contributed by atoms with Gasteiger partial charge in [-0.15, -0.1) is 0 Å². The third-order valence-corrected chi connectivity index (χ3v) is 19.4. The fourth-order valence-corrected chi connectivity index (χ4v) is 13.0. The Bertz CT molecular complexity index is 2590. The minimum absolute atomic E-state index is 0.00817. The second-order valence-corrected chi connectivity index (χ2v) is 29.5. The molecule has 11 amide bonds. The predicted octanol–water partition coefficient (Wildman–Crippen LogP) is 3.07. The van der Waals surface area contributed by atoms with Crippen LogP contribution in [0.25, 0.3) is 0 Å². The molecule has 2 heterocycles. The van der Waals surface area contributed by atoms with Crippen LogP contribution in [0.3, 0.4) is 0 Å². The maximum Gasteiger partial charge on any atom is 0.246 e. The highest BCUT2D eigenvalue weighted by atomic mass is 16.5. The van der Waals surface area contributed by atoms with E-state index in [0.717, 1.165) is 48.7 Å². The van der Waals surface area contributed by atoms with Crippen molar-refractivity contribution in [3.63, 3.8) is 0 Å². The molecule has 0 spiro atoms. The quantitative estimate of drug-likeness (QED) is 0.0757. The van der Waals surface area contributed by atoms with Crippen molar-refractivity contribution in [1.82, 2.24) is 60.5 Å². The molecule has 0 aliphatic carbocycles. The molecule has 0 aromatic rings. The molecule has 14 atom stereocenters. The fraction of sp³-hybridized carbons (Fsp3) is 0.845. The number of unbranched alkanes of at least 4 members (excludes halogenated alkanes) is 3. The number of carbonyl (C=O) groups excluding carboxylic acids is 11. The Labute approximate surface area is 587 Å². The maximum atomic E-state index is 15.4. The van der Waals surface area contributed by atoms with Crippen molar-refractivity contribution >= 4 is 65.0 Å². The SMILES string of the molecule is CC[C@@H]1NC(=O)[C@H]([C@H](O)[C@H](C)CCCCCN)N(C)C(=O)[C@H](C(C)C)N(C)C(=O)[C@H](CC(C)C)N(CC)C(=O)[C@H](CC(C)C)N(C)C(=O)[C@@H](C)NC(=O)[C@H](C)NC(=O)[C@H](CC(C)C)N(C)C(=O)[C@H](C(C)C)NC(=O)[C@H]([C@@H](C)OCCCCN2CCOCC2)N(C)C(=O)[C@@H](C)N(C)C1=O. The van der Waals surface area contributed by atoms with E-state index in [1.165, 1.54) is 87.6 Å². The Hall–Kier alpha value is -6.03. The van der Waals surface area contributed by atoms with Gasteiger partial charge >= 0.3 is 0 Å². The van der Waals surface area contributed by atoms with Crippen LogP contribution in [0.5, 0.6) is 0 Å². The van der Waals surface area contributed by atoms with Gasteiger partial charge in [0.05, 0.1) is 25.4 Å². The summed E-state index contributed by atoms with van der Waals surface area (Å²) in [6.45, 7) is 33.7. The summed E-state index contributed by atoms with van der Waals surface area (Å²) in [7, 11) is 8.50. The molecule has 2 aliphatic rings. The summed E-state index contributed by atoms with van der Waals surface area (Å²) < 4.78 is 11.9. The first-order chi connectivity index (χ1) is 45.7. The van der Waals surface area contributed by atoms with Crippen molar-refractivity contribution in [2.75, 3.05) is 94.8 Å². The zero-order valence-electron chi connectivity index (χ0n) is 64.1. The van der Waals surface area contributed by atoms with Crippen LogP contribution in [-0.4, -0.2) is 283 Å². The number of ether oxygens (including phenoxy) is 2. The molecule has 564 valence electrons. The molecule has 2 rings (SSSR count). The lowest BCUT2D eigenvalue weighted by atomic mass is 9.90. The summed E-state index contributed by atoms with van der Waals surface area (Å²) >= 11 is 0. The molecule has 7 N–H and O–H groups in total. The largest absolute Gasteiger partial charge is 0.390 e. The number of nitrogens with two attached hydrogens (primary N) is 1. The Morgan fingerprint density at radius 2 is 1.02 bits per heavy atom. The highest BCUT2D eigenvalue weighted by Crippen LogP contribution is 2.27. The van der Waals surface area contributed by atoms with Crippen LogP contribution in [-0.2, 0) is 62.2 Å². The van der Waals surface area contributed by atoms with Crippen LogP contribution >= 0.6 is 0 Å². The zero-order valence-corrected chi connectivity index (χ0v) is 64.1. The number of morpholine rings is 1. The number of carbonyl (C=O) groups is 11. The van der Waals surface area contributed by atoms with E-state index in [4.69, 9.17) is 15.2 Å². The average Bonchev–Trinajstić information content (AvgIpc) is 0.805. The van der Waals surface area contributed by atoms with E-state index in [1.54, 1.807) is 55.4 Å². The second-order valence-electron chi connectivity index (χ2n) is 29.5. The van der Waals surface area contributed by atoms with Crippen LogP contribution < -0.4 is 27.0 Å². The maximum absolute atomic E-state index is 15.4. The lowest BCUT2D eigenvalue weighted by Gasteiger charge is -2.42. The van der Waals surface area contributed by atoms with E-state index < -0.39 is 161 Å². The summed E-state index contributed by atoms with van der Waals surface area (Å²) in [6.07, 6.45) is 1.86. The summed E-state index contributed by atoms with van der Waals surface area (Å²) in [4.78, 5) is 175. The molecule has 0 radical (unpaired) electrons. The number of hydrogen-bond donors (Lipinski definition) is 6. The Morgan fingerprint density at radius 1 is 0.500 bits per heavy atom. The van der Waals surface area contributed by atoms with E-state index >= 15 is 28.8 Å². The molecule has 2 aliphatic heterocycles. The van der Waals surface area contributed by atoms with Crippen LogP contribution in [0.1, 0.15) is 182 Å². The van der Waals surface area contributed by atoms with Gasteiger partial charge in [0.1, 0.15) is 66.5 Å². The van der Waals surface area contributed by atoms with Crippen molar-refractivity contribution < 1.29 is 67.3 Å². The number of aliphatic hydroxyl groups excluding tert-OH is 1. The zero-order chi connectivity index (χ0) is 74.9. The first-order valence-electron chi connectivity index (χ1n) is 36.2. The molecule has 98 heavy (non-hydrogen) atoms. The molecule has 0 saturated carbocycles. The van der Waals surface area contributed by atoms with E-state index in [0.29, 0.717) is 39.0 Å². The van der Waals surface area contributed by atoms with Gasteiger partial charge in [0.25, 0.3) is 0 Å². The lowest BCUT2D eigenvalue weighted by molar-refractivity contribution is -0.158. The number of amides is 11. The van der Waals surface area contributed by atoms with Crippen LogP contribution in [0.4, 0.5) is 0 Å². The number of likely N-dealkylation sites (N-methyl/N-ethyl adjacent to an activating group) is 7. The normalized spacial score (nSPS) is 27.0. The van der Waals surface area contributed by atoms with Gasteiger partial charge in [0.2, 0.25) is 65.0 Å². The molecule has 27 nitrogen and oxygen atoms in total. The summed E-state index contributed by atoms with van der Waals surface area (Å²) in [5.41, 5.74) is 5.81. The molecule has 0 aromatic carbocycles. The first kappa shape index (κ1) is 88.1. The number of nitrogens with one attached hydrogen (secondary N) is 4. The Balaban J connectivity index is 3.04. The average molecular weight is 1390 g/mol. The summed E-state index contributed by atoms with van der Waals surface area (Å²) in [5.74, 6) is -9.91. The van der Waals surface area contributed by atoms with Crippen molar-refractivity contribution in [2.45, 2.75) is 261 Å². The predicted molar refractivity (Wildman–Crippen MR) is 378 cm³/mol. The van der Waals surface area contributed by atoms with Gasteiger partial charge in [-0.05, 0) is 135 Å². The number of rotatable bonds is 24. The van der Waals surface area contributed by atoms with Crippen molar-refractivity contribution in [1.29, 1.82) is 0 Å². The molecule has 2 saturated heterocycles. The smallest absolute Gasteiger partial charge is 0.246 e. The highest BCUT2D eigenvalue weighted by molar-refractivity contribution is 6.00. The highest BCUT2D eigenvalue weighted by Gasteiger charge is 2.47. The van der Waals surface area contributed by atoms with Gasteiger partial charge in [0.15, 0.2) is 0 Å². The third kappa shape index (κ3) is 25.2. The molecule has 0 aromatic heterocycles. The monoisotopic (exact) mass is 1390 g/mol. The molecule has 0 unspecified atom stereocenters. The molecular weight excluding hydrogens is 1260 g/mol. The minimum Gasteiger partial charge on any atom is -0.390 e. The van der Waals surface area contributed by atoms with E-state index in [9.17, 15) is 29.1 Å². The van der Waals surface area contributed by atoms with Gasteiger partial charge < -0.3 is 75.9 Å². The first-order valence-corrected chi connectivity index (χ1v) is 36.2. The molecular formula is C71H131N13O14. The number of aliphatic hydroxyl groups is 1. The molecule has 0 bridgehead atoms. The van der Waals surface area contributed by atoms with Gasteiger partial charge in [-0.2, -0.15) is 0 Å². The van der Waals surface area contributed by atoms with Crippen LogP contribution in [0.2, 0.25) is 0 Å². The van der Waals surface area contributed by atoms with Crippen LogP contribution in [0.15, 0.2) is 0 Å². The lowest BCUT2D eigenvalue weighted by Crippen LogP contribution is -2.64. The van der Waals surface area contributed by atoms with E-state index in [2.05, 4.69) is 26.2 Å². The van der Waals surface area contributed by atoms with Crippen molar-refractivity contribution in [2.24, 2.45) is 41.2 Å². The second kappa shape index (κ2) is 42.3. The number of nitrogens with zero attached hydrogens (tertiary/aromatic N) is 8. The minimum atomic E-state index is -1.63. The summed E-state index contributed by atoms with van der Waals surface area (Å²) in [6, 6.07) is -14.2. The van der Waals surface area contributed by atoms with Gasteiger partial charge in [-0.3, -0.25) is 57.6 Å². The van der Waals surface area contributed by atoms with E-state index in [-0.39, 0.29) is 56.6 Å². The molecule has 27 heteroatoms. The number of hydrogen-bond acceptors (Lipinski definition) is 16.